The summed E-state index contributed by atoms with van der Waals surface area (Å²) in [4.78, 5) is 0. The quantitative estimate of drug-likeness (QED) is 0.813. The lowest BCUT2D eigenvalue weighted by Crippen LogP contribution is -2.31. The van der Waals surface area contributed by atoms with Crippen molar-refractivity contribution in [3.63, 3.8) is 0 Å². The van der Waals surface area contributed by atoms with Crippen LogP contribution in [0.3, 0.4) is 0 Å². The Morgan fingerprint density at radius 3 is 2.28 bits per heavy atom. The minimum atomic E-state index is -0.114. The van der Waals surface area contributed by atoms with E-state index in [1.807, 2.05) is 19.1 Å². The van der Waals surface area contributed by atoms with E-state index in [1.165, 1.54) is 0 Å². The molecule has 0 aliphatic carbocycles. The van der Waals surface area contributed by atoms with Crippen molar-refractivity contribution < 1.29 is 9.47 Å². The van der Waals surface area contributed by atoms with Crippen LogP contribution in [0.1, 0.15) is 31.0 Å². The average molecular weight is 252 g/mol. The van der Waals surface area contributed by atoms with Gasteiger partial charge in [-0.25, -0.2) is 0 Å². The van der Waals surface area contributed by atoms with Crippen LogP contribution in [0.2, 0.25) is 0 Å². The number of nitrogens with one attached hydrogen (secondary N) is 1. The fraction of sp³-hybridized carbons (Fsp3) is 0.571. The van der Waals surface area contributed by atoms with Gasteiger partial charge in [0, 0.05) is 24.2 Å². The molecule has 102 valence electrons. The third-order valence-corrected chi connectivity index (χ3v) is 2.89. The minimum absolute atomic E-state index is 0.114. The van der Waals surface area contributed by atoms with Crippen LogP contribution in [0.4, 0.5) is 0 Å². The van der Waals surface area contributed by atoms with Gasteiger partial charge in [-0.15, -0.1) is 0 Å². The first-order valence-electron chi connectivity index (χ1n) is 6.21. The van der Waals surface area contributed by atoms with Gasteiger partial charge in [0.2, 0.25) is 0 Å². The van der Waals surface area contributed by atoms with E-state index < -0.39 is 0 Å². The molecule has 0 radical (unpaired) electrons. The first-order valence-corrected chi connectivity index (χ1v) is 6.21. The molecule has 0 bridgehead atoms. The van der Waals surface area contributed by atoms with E-state index in [1.54, 1.807) is 14.2 Å². The number of nitrogens with two attached hydrogens (primary N) is 1. The van der Waals surface area contributed by atoms with Gasteiger partial charge < -0.3 is 20.5 Å². The second-order valence-electron chi connectivity index (χ2n) is 4.73. The lowest BCUT2D eigenvalue weighted by atomic mass is 10.0. The van der Waals surface area contributed by atoms with E-state index in [2.05, 4.69) is 19.2 Å². The summed E-state index contributed by atoms with van der Waals surface area (Å²) in [6.07, 6.45) is 0. The largest absolute Gasteiger partial charge is 0.496 e. The standard InChI is InChI=1S/C14H24N2O2/c1-9(2)16-8-12(15)11-7-13(17-4)10(3)6-14(11)18-5/h6-7,9,12,16H,8,15H2,1-5H3. The van der Waals surface area contributed by atoms with E-state index in [4.69, 9.17) is 15.2 Å². The Morgan fingerprint density at radius 2 is 1.78 bits per heavy atom. The Hall–Kier alpha value is -1.26. The number of aryl methyl sites for hydroxylation is 1. The summed E-state index contributed by atoms with van der Waals surface area (Å²) >= 11 is 0. The summed E-state index contributed by atoms with van der Waals surface area (Å²) in [6.45, 7) is 6.89. The Labute approximate surface area is 109 Å². The first-order chi connectivity index (χ1) is 8.49. The van der Waals surface area contributed by atoms with Gasteiger partial charge in [0.05, 0.1) is 14.2 Å². The van der Waals surface area contributed by atoms with Crippen molar-refractivity contribution in [1.29, 1.82) is 0 Å². The summed E-state index contributed by atoms with van der Waals surface area (Å²) in [5.41, 5.74) is 8.20. The molecule has 0 heterocycles. The lowest BCUT2D eigenvalue weighted by molar-refractivity contribution is 0.391. The molecule has 4 heteroatoms. The second-order valence-corrected chi connectivity index (χ2v) is 4.73. The van der Waals surface area contributed by atoms with Crippen molar-refractivity contribution in [3.05, 3.63) is 23.3 Å². The average Bonchev–Trinajstić information content (AvgIpc) is 2.35. The number of ether oxygens (including phenoxy) is 2. The van der Waals surface area contributed by atoms with Crippen LogP contribution in [0, 0.1) is 6.92 Å². The zero-order valence-corrected chi connectivity index (χ0v) is 11.9. The number of hydrogen-bond acceptors (Lipinski definition) is 4. The molecule has 0 amide bonds. The molecule has 1 aromatic rings. The molecule has 0 aromatic heterocycles. The van der Waals surface area contributed by atoms with Gasteiger partial charge in [0.15, 0.2) is 0 Å². The Balaban J connectivity index is 2.97. The first kappa shape index (κ1) is 14.8. The zero-order valence-electron chi connectivity index (χ0n) is 11.9. The van der Waals surface area contributed by atoms with Gasteiger partial charge in [0.1, 0.15) is 11.5 Å². The van der Waals surface area contributed by atoms with Crippen LogP contribution >= 0.6 is 0 Å². The summed E-state index contributed by atoms with van der Waals surface area (Å²) in [6, 6.07) is 4.22. The predicted octanol–water partition coefficient (Wildman–Crippen LogP) is 2.01. The van der Waals surface area contributed by atoms with E-state index >= 15 is 0 Å². The number of benzene rings is 1. The molecule has 0 saturated carbocycles. The Morgan fingerprint density at radius 1 is 1.17 bits per heavy atom. The SMILES string of the molecule is COc1cc(C(N)CNC(C)C)c(OC)cc1C. The molecular formula is C14H24N2O2. The van der Waals surface area contributed by atoms with Crippen molar-refractivity contribution in [2.24, 2.45) is 5.73 Å². The molecule has 1 atom stereocenters. The lowest BCUT2D eigenvalue weighted by Gasteiger charge is -2.19. The highest BCUT2D eigenvalue weighted by molar-refractivity contribution is 5.47. The van der Waals surface area contributed by atoms with E-state index in [0.29, 0.717) is 12.6 Å². The van der Waals surface area contributed by atoms with Gasteiger partial charge in [-0.3, -0.25) is 0 Å². The molecule has 3 N–H and O–H groups in total. The highest BCUT2D eigenvalue weighted by Gasteiger charge is 2.15. The highest BCUT2D eigenvalue weighted by atomic mass is 16.5. The van der Waals surface area contributed by atoms with Crippen LogP contribution in [-0.2, 0) is 0 Å². The molecule has 0 saturated heterocycles. The fourth-order valence-corrected chi connectivity index (χ4v) is 1.84. The summed E-state index contributed by atoms with van der Waals surface area (Å²) in [5, 5.41) is 3.33. The van der Waals surface area contributed by atoms with Crippen molar-refractivity contribution >= 4 is 0 Å². The maximum absolute atomic E-state index is 6.20. The molecule has 0 aliphatic heterocycles. The number of methoxy groups -OCH3 is 2. The van der Waals surface area contributed by atoms with Gasteiger partial charge in [-0.05, 0) is 24.6 Å². The minimum Gasteiger partial charge on any atom is -0.496 e. The number of hydrogen-bond donors (Lipinski definition) is 2. The van der Waals surface area contributed by atoms with Gasteiger partial charge in [0.25, 0.3) is 0 Å². The van der Waals surface area contributed by atoms with Crippen molar-refractivity contribution in [2.75, 3.05) is 20.8 Å². The van der Waals surface area contributed by atoms with Crippen LogP contribution in [0.5, 0.6) is 11.5 Å². The smallest absolute Gasteiger partial charge is 0.124 e. The molecule has 0 aliphatic rings. The molecule has 0 fully saturated rings. The van der Waals surface area contributed by atoms with Crippen LogP contribution in [0.15, 0.2) is 12.1 Å². The molecule has 1 aromatic carbocycles. The molecule has 1 unspecified atom stereocenters. The molecule has 1 rings (SSSR count). The van der Waals surface area contributed by atoms with Gasteiger partial charge in [-0.1, -0.05) is 13.8 Å². The topological polar surface area (TPSA) is 56.5 Å². The monoisotopic (exact) mass is 252 g/mol. The Kier molecular flexibility index (Phi) is 5.44. The zero-order chi connectivity index (χ0) is 13.7. The fourth-order valence-electron chi connectivity index (χ4n) is 1.84. The highest BCUT2D eigenvalue weighted by Crippen LogP contribution is 2.31. The third kappa shape index (κ3) is 3.62. The molecule has 4 nitrogen and oxygen atoms in total. The summed E-state index contributed by atoms with van der Waals surface area (Å²) in [7, 11) is 3.32. The summed E-state index contributed by atoms with van der Waals surface area (Å²) < 4.78 is 10.7. The van der Waals surface area contributed by atoms with Crippen molar-refractivity contribution in [2.45, 2.75) is 32.9 Å². The molecule has 18 heavy (non-hydrogen) atoms. The van der Waals surface area contributed by atoms with Crippen molar-refractivity contribution in [1.82, 2.24) is 5.32 Å². The maximum atomic E-state index is 6.20. The number of rotatable bonds is 6. The second kappa shape index (κ2) is 6.61. The maximum Gasteiger partial charge on any atom is 0.124 e. The summed E-state index contributed by atoms with van der Waals surface area (Å²) in [5.74, 6) is 1.65. The normalized spacial score (nSPS) is 12.6. The van der Waals surface area contributed by atoms with E-state index in [-0.39, 0.29) is 6.04 Å². The van der Waals surface area contributed by atoms with E-state index in [0.717, 1.165) is 22.6 Å². The van der Waals surface area contributed by atoms with Crippen molar-refractivity contribution in [3.8, 4) is 11.5 Å². The predicted molar refractivity (Wildman–Crippen MR) is 74.4 cm³/mol. The van der Waals surface area contributed by atoms with Crippen LogP contribution in [0.25, 0.3) is 0 Å². The van der Waals surface area contributed by atoms with Crippen LogP contribution < -0.4 is 20.5 Å². The van der Waals surface area contributed by atoms with Crippen LogP contribution in [-0.4, -0.2) is 26.8 Å². The van der Waals surface area contributed by atoms with Gasteiger partial charge in [-0.2, -0.15) is 0 Å². The molecule has 0 spiro atoms. The van der Waals surface area contributed by atoms with E-state index in [9.17, 15) is 0 Å². The van der Waals surface area contributed by atoms with Gasteiger partial charge >= 0.3 is 0 Å². The third-order valence-electron chi connectivity index (χ3n) is 2.89. The Bertz CT molecular complexity index is 392. The molecular weight excluding hydrogens is 228 g/mol.